The molecule has 134 valence electrons. The maximum absolute atomic E-state index is 4.76. The molecule has 0 unspecified atom stereocenters. The van der Waals surface area contributed by atoms with E-state index in [1.807, 2.05) is 19.1 Å². The van der Waals surface area contributed by atoms with Crippen LogP contribution in [0.15, 0.2) is 54.6 Å². The lowest BCUT2D eigenvalue weighted by Crippen LogP contribution is -2.24. The van der Waals surface area contributed by atoms with Crippen LogP contribution < -0.4 is 10.2 Å². The molecule has 3 rings (SSSR count). The Morgan fingerprint density at radius 2 is 1.69 bits per heavy atom. The van der Waals surface area contributed by atoms with Gasteiger partial charge >= 0.3 is 0 Å². The first-order valence-electron chi connectivity index (χ1n) is 9.04. The average molecular weight is 346 g/mol. The number of rotatable bonds is 6. The minimum atomic E-state index is 0.753. The largest absolute Gasteiger partial charge is 0.340 e. The zero-order chi connectivity index (χ0) is 18.5. The summed E-state index contributed by atoms with van der Waals surface area (Å²) in [6.45, 7) is 10.00. The molecule has 2 aromatic carbocycles. The second-order valence-corrected chi connectivity index (χ2v) is 6.64. The summed E-state index contributed by atoms with van der Waals surface area (Å²) in [5.41, 5.74) is 5.75. The van der Waals surface area contributed by atoms with Crippen molar-refractivity contribution in [2.24, 2.45) is 0 Å². The molecular formula is C22H26N4. The van der Waals surface area contributed by atoms with Gasteiger partial charge in [-0.1, -0.05) is 48.0 Å². The van der Waals surface area contributed by atoms with E-state index in [0.717, 1.165) is 36.2 Å². The van der Waals surface area contributed by atoms with Crippen LogP contribution in [0.3, 0.4) is 0 Å². The van der Waals surface area contributed by atoms with Gasteiger partial charge in [0.1, 0.15) is 5.82 Å². The van der Waals surface area contributed by atoms with Crippen molar-refractivity contribution in [1.82, 2.24) is 9.97 Å². The average Bonchev–Trinajstić information content (AvgIpc) is 2.62. The van der Waals surface area contributed by atoms with Gasteiger partial charge in [-0.3, -0.25) is 0 Å². The summed E-state index contributed by atoms with van der Waals surface area (Å²) >= 11 is 0. The molecule has 0 spiro atoms. The van der Waals surface area contributed by atoms with Gasteiger partial charge in [0.2, 0.25) is 5.95 Å². The van der Waals surface area contributed by atoms with Gasteiger partial charge < -0.3 is 10.2 Å². The first kappa shape index (κ1) is 17.9. The highest BCUT2D eigenvalue weighted by atomic mass is 15.3. The third-order valence-corrected chi connectivity index (χ3v) is 4.37. The van der Waals surface area contributed by atoms with Crippen molar-refractivity contribution in [3.63, 3.8) is 0 Å². The zero-order valence-electron chi connectivity index (χ0n) is 16.0. The van der Waals surface area contributed by atoms with Gasteiger partial charge in [-0.05, 0) is 44.9 Å². The number of hydrogen-bond donors (Lipinski definition) is 1. The zero-order valence-corrected chi connectivity index (χ0v) is 16.0. The molecule has 0 aliphatic heterocycles. The number of nitrogens with one attached hydrogen (secondary N) is 1. The molecule has 0 fully saturated rings. The van der Waals surface area contributed by atoms with Gasteiger partial charge in [0.25, 0.3) is 0 Å². The molecule has 4 nitrogen and oxygen atoms in total. The Morgan fingerprint density at radius 1 is 0.923 bits per heavy atom. The van der Waals surface area contributed by atoms with E-state index in [1.165, 1.54) is 16.7 Å². The van der Waals surface area contributed by atoms with Crippen molar-refractivity contribution in [1.29, 1.82) is 0 Å². The van der Waals surface area contributed by atoms with Crippen molar-refractivity contribution in [2.75, 3.05) is 16.8 Å². The predicted molar refractivity (Wildman–Crippen MR) is 109 cm³/mol. The molecule has 0 bridgehead atoms. The fourth-order valence-electron chi connectivity index (χ4n) is 2.98. The van der Waals surface area contributed by atoms with Crippen LogP contribution in [0.4, 0.5) is 17.5 Å². The van der Waals surface area contributed by atoms with Gasteiger partial charge in [0.05, 0.1) is 0 Å². The number of anilines is 3. The van der Waals surface area contributed by atoms with Crippen LogP contribution >= 0.6 is 0 Å². The topological polar surface area (TPSA) is 41.1 Å². The molecule has 0 saturated heterocycles. The monoisotopic (exact) mass is 346 g/mol. The number of benzene rings is 2. The smallest absolute Gasteiger partial charge is 0.227 e. The Morgan fingerprint density at radius 3 is 2.38 bits per heavy atom. The molecule has 0 amide bonds. The Hall–Kier alpha value is -2.88. The Bertz CT molecular complexity index is 875. The number of aryl methyl sites for hydroxylation is 3. The van der Waals surface area contributed by atoms with Crippen LogP contribution in [0, 0.1) is 20.8 Å². The van der Waals surface area contributed by atoms with Crippen molar-refractivity contribution in [2.45, 2.75) is 34.2 Å². The lowest BCUT2D eigenvalue weighted by molar-refractivity contribution is 0.788. The second-order valence-electron chi connectivity index (χ2n) is 6.64. The summed E-state index contributed by atoms with van der Waals surface area (Å²) < 4.78 is 0. The van der Waals surface area contributed by atoms with E-state index < -0.39 is 0 Å². The summed E-state index contributed by atoms with van der Waals surface area (Å²) in [7, 11) is 0. The van der Waals surface area contributed by atoms with E-state index in [-0.39, 0.29) is 0 Å². The van der Waals surface area contributed by atoms with Gasteiger partial charge in [-0.15, -0.1) is 0 Å². The minimum absolute atomic E-state index is 0.753. The molecule has 0 aliphatic carbocycles. The Kier molecular flexibility index (Phi) is 5.52. The molecular weight excluding hydrogens is 320 g/mol. The van der Waals surface area contributed by atoms with Gasteiger partial charge in [-0.25, -0.2) is 4.98 Å². The first-order valence-corrected chi connectivity index (χ1v) is 9.04. The maximum Gasteiger partial charge on any atom is 0.227 e. The lowest BCUT2D eigenvalue weighted by Gasteiger charge is -2.22. The van der Waals surface area contributed by atoms with Crippen molar-refractivity contribution in [3.05, 3.63) is 77.0 Å². The second kappa shape index (κ2) is 8.00. The molecule has 3 aromatic rings. The third kappa shape index (κ3) is 4.39. The van der Waals surface area contributed by atoms with Crippen LogP contribution in [0.25, 0.3) is 0 Å². The van der Waals surface area contributed by atoms with Crippen LogP contribution in [0.1, 0.15) is 29.3 Å². The van der Waals surface area contributed by atoms with Crippen LogP contribution in [-0.4, -0.2) is 16.5 Å². The fourth-order valence-corrected chi connectivity index (χ4v) is 2.98. The molecule has 0 atom stereocenters. The summed E-state index contributed by atoms with van der Waals surface area (Å²) in [6.07, 6.45) is 0. The van der Waals surface area contributed by atoms with E-state index in [4.69, 9.17) is 4.98 Å². The third-order valence-electron chi connectivity index (χ3n) is 4.37. The highest BCUT2D eigenvalue weighted by Crippen LogP contribution is 2.23. The van der Waals surface area contributed by atoms with Gasteiger partial charge in [-0.2, -0.15) is 4.98 Å². The molecule has 4 heteroatoms. The SMILES string of the molecule is CCN(Cc1ccccc1)c1nc(C)cc(Nc2ccc(C)cc2C)n1. The van der Waals surface area contributed by atoms with Crippen LogP contribution in [0.2, 0.25) is 0 Å². The van der Waals surface area contributed by atoms with E-state index >= 15 is 0 Å². The summed E-state index contributed by atoms with van der Waals surface area (Å²) in [6, 6.07) is 18.8. The summed E-state index contributed by atoms with van der Waals surface area (Å²) in [4.78, 5) is 11.6. The van der Waals surface area contributed by atoms with Gasteiger partial charge in [0, 0.05) is 30.5 Å². The molecule has 0 aliphatic rings. The van der Waals surface area contributed by atoms with Crippen LogP contribution in [-0.2, 0) is 6.54 Å². The number of aromatic nitrogens is 2. The maximum atomic E-state index is 4.76. The van der Waals surface area contributed by atoms with Gasteiger partial charge in [0.15, 0.2) is 0 Å². The van der Waals surface area contributed by atoms with E-state index in [9.17, 15) is 0 Å². The molecule has 1 heterocycles. The van der Waals surface area contributed by atoms with Crippen molar-refractivity contribution >= 4 is 17.5 Å². The quantitative estimate of drug-likeness (QED) is 0.668. The Labute approximate surface area is 155 Å². The van der Waals surface area contributed by atoms with Crippen LogP contribution in [0.5, 0.6) is 0 Å². The molecule has 26 heavy (non-hydrogen) atoms. The summed E-state index contributed by atoms with van der Waals surface area (Å²) in [5, 5.41) is 3.45. The Balaban J connectivity index is 1.86. The highest BCUT2D eigenvalue weighted by Gasteiger charge is 2.11. The standard InChI is InChI=1S/C22H26N4/c1-5-26(15-19-9-7-6-8-10-19)22-23-18(4)14-21(25-22)24-20-12-11-16(2)13-17(20)3/h6-14H,5,15H2,1-4H3,(H,23,24,25). The predicted octanol–water partition coefficient (Wildman–Crippen LogP) is 5.17. The number of nitrogens with zero attached hydrogens (tertiary/aromatic N) is 3. The number of hydrogen-bond acceptors (Lipinski definition) is 4. The molecule has 0 saturated carbocycles. The fraction of sp³-hybridized carbons (Fsp3) is 0.273. The van der Waals surface area contributed by atoms with E-state index in [0.29, 0.717) is 0 Å². The van der Waals surface area contributed by atoms with E-state index in [1.54, 1.807) is 0 Å². The minimum Gasteiger partial charge on any atom is -0.340 e. The lowest BCUT2D eigenvalue weighted by atomic mass is 10.1. The van der Waals surface area contributed by atoms with E-state index in [2.05, 4.69) is 78.4 Å². The highest BCUT2D eigenvalue weighted by molar-refractivity contribution is 5.62. The first-order chi connectivity index (χ1) is 12.5. The van der Waals surface area contributed by atoms with Crippen molar-refractivity contribution < 1.29 is 0 Å². The molecule has 1 N–H and O–H groups in total. The molecule has 0 radical (unpaired) electrons. The van der Waals surface area contributed by atoms with Crippen molar-refractivity contribution in [3.8, 4) is 0 Å². The molecule has 1 aromatic heterocycles. The summed E-state index contributed by atoms with van der Waals surface area (Å²) in [5.74, 6) is 1.58. The normalized spacial score (nSPS) is 10.6.